The van der Waals surface area contributed by atoms with Gasteiger partial charge in [0.05, 0.1) is 12.1 Å². The Labute approximate surface area is 106 Å². The van der Waals surface area contributed by atoms with Crippen LogP contribution in [0.2, 0.25) is 0 Å². The van der Waals surface area contributed by atoms with Gasteiger partial charge in [0, 0.05) is 31.4 Å². The largest absolute Gasteiger partial charge is 0.383 e. The van der Waals surface area contributed by atoms with Gasteiger partial charge in [-0.15, -0.1) is 0 Å². The number of nitriles is 2. The number of allylic oxidation sites excluding steroid dienone is 1. The van der Waals surface area contributed by atoms with Crippen molar-refractivity contribution < 1.29 is 4.79 Å². The number of benzene rings is 1. The molecule has 0 atom stereocenters. The monoisotopic (exact) mass is 239 g/mol. The van der Waals surface area contributed by atoms with Crippen LogP contribution in [0.25, 0.3) is 0 Å². The third-order valence-corrected chi connectivity index (χ3v) is 2.26. The van der Waals surface area contributed by atoms with Crippen LogP contribution in [-0.4, -0.2) is 24.8 Å². The smallest absolute Gasteiger partial charge is 0.192 e. The van der Waals surface area contributed by atoms with Crippen molar-refractivity contribution in [3.8, 4) is 12.1 Å². The zero-order valence-electron chi connectivity index (χ0n) is 10.3. The average molecular weight is 239 g/mol. The Morgan fingerprint density at radius 1 is 1.22 bits per heavy atom. The van der Waals surface area contributed by atoms with E-state index in [0.717, 1.165) is 0 Å². The molecule has 1 aromatic rings. The number of ketones is 1. The molecule has 4 heteroatoms. The molecule has 0 aliphatic rings. The highest BCUT2D eigenvalue weighted by Crippen LogP contribution is 2.16. The van der Waals surface area contributed by atoms with Crippen molar-refractivity contribution >= 4 is 5.78 Å². The Hall–Kier alpha value is -2.59. The molecule has 0 aromatic heterocycles. The van der Waals surface area contributed by atoms with E-state index >= 15 is 0 Å². The molecule has 0 saturated heterocycles. The zero-order chi connectivity index (χ0) is 13.5. The molecule has 0 aliphatic carbocycles. The third kappa shape index (κ3) is 3.20. The van der Waals surface area contributed by atoms with E-state index in [4.69, 9.17) is 10.5 Å². The molecule has 0 radical (unpaired) electrons. The van der Waals surface area contributed by atoms with Crippen molar-refractivity contribution in [3.63, 3.8) is 0 Å². The SMILES string of the molecule is CN(C)/C=C(/C(=O)c1ccccc1)C(C#N)C#N. The molecule has 0 bridgehead atoms. The third-order valence-electron chi connectivity index (χ3n) is 2.26. The minimum atomic E-state index is -1.06. The van der Waals surface area contributed by atoms with Gasteiger partial charge >= 0.3 is 0 Å². The highest BCUT2D eigenvalue weighted by molar-refractivity contribution is 6.09. The number of rotatable bonds is 4. The van der Waals surface area contributed by atoms with E-state index in [0.29, 0.717) is 5.56 Å². The Bertz CT molecular complexity index is 518. The van der Waals surface area contributed by atoms with Gasteiger partial charge in [-0.2, -0.15) is 10.5 Å². The molecule has 0 saturated carbocycles. The quantitative estimate of drug-likeness (QED) is 0.595. The maximum absolute atomic E-state index is 12.2. The van der Waals surface area contributed by atoms with Gasteiger partial charge in [-0.05, 0) is 0 Å². The summed E-state index contributed by atoms with van der Waals surface area (Å²) in [5.41, 5.74) is 0.664. The fraction of sp³-hybridized carbons (Fsp3) is 0.214. The van der Waals surface area contributed by atoms with Gasteiger partial charge in [-0.1, -0.05) is 30.3 Å². The molecule has 0 heterocycles. The highest BCUT2D eigenvalue weighted by Gasteiger charge is 2.21. The molecule has 0 fully saturated rings. The maximum atomic E-state index is 12.2. The molecular weight excluding hydrogens is 226 g/mol. The predicted octanol–water partition coefficient (Wildman–Crippen LogP) is 1.98. The van der Waals surface area contributed by atoms with Gasteiger partial charge in [0.25, 0.3) is 0 Å². The first-order chi connectivity index (χ1) is 8.60. The number of carbonyl (C=O) groups excluding carboxylic acids is 1. The average Bonchev–Trinajstić information content (AvgIpc) is 2.38. The van der Waals surface area contributed by atoms with Crippen LogP contribution in [0.4, 0.5) is 0 Å². The molecule has 0 aliphatic heterocycles. The van der Waals surface area contributed by atoms with Crippen LogP contribution in [0.15, 0.2) is 42.1 Å². The van der Waals surface area contributed by atoms with E-state index in [1.807, 2.05) is 12.1 Å². The first-order valence-electron chi connectivity index (χ1n) is 5.37. The Balaban J connectivity index is 3.19. The van der Waals surface area contributed by atoms with Crippen LogP contribution in [0.3, 0.4) is 0 Å². The minimum absolute atomic E-state index is 0.191. The Morgan fingerprint density at radius 2 is 1.78 bits per heavy atom. The maximum Gasteiger partial charge on any atom is 0.192 e. The van der Waals surface area contributed by atoms with Crippen LogP contribution in [0.1, 0.15) is 10.4 Å². The second kappa shape index (κ2) is 6.22. The molecule has 1 aromatic carbocycles. The lowest BCUT2D eigenvalue weighted by Crippen LogP contribution is -2.15. The summed E-state index contributed by atoms with van der Waals surface area (Å²) < 4.78 is 0. The normalized spacial score (nSPS) is 10.6. The van der Waals surface area contributed by atoms with Crippen LogP contribution in [0.5, 0.6) is 0 Å². The topological polar surface area (TPSA) is 67.9 Å². The molecule has 18 heavy (non-hydrogen) atoms. The lowest BCUT2D eigenvalue weighted by atomic mass is 9.94. The lowest BCUT2D eigenvalue weighted by molar-refractivity contribution is 0.102. The summed E-state index contributed by atoms with van der Waals surface area (Å²) in [5.74, 6) is -1.35. The standard InChI is InChI=1S/C14H13N3O/c1-17(2)10-13(12(8-15)9-16)14(18)11-6-4-3-5-7-11/h3-7,10,12H,1-2H3/b13-10+. The second-order valence-electron chi connectivity index (χ2n) is 3.93. The van der Waals surface area contributed by atoms with E-state index in [1.165, 1.54) is 6.20 Å². The second-order valence-corrected chi connectivity index (χ2v) is 3.93. The van der Waals surface area contributed by atoms with E-state index in [9.17, 15) is 4.79 Å². The summed E-state index contributed by atoms with van der Waals surface area (Å²) in [5, 5.41) is 17.8. The van der Waals surface area contributed by atoms with Crippen molar-refractivity contribution in [1.82, 2.24) is 4.90 Å². The molecule has 0 N–H and O–H groups in total. The predicted molar refractivity (Wildman–Crippen MR) is 67.3 cm³/mol. The van der Waals surface area contributed by atoms with E-state index in [-0.39, 0.29) is 11.4 Å². The fourth-order valence-corrected chi connectivity index (χ4v) is 1.47. The van der Waals surface area contributed by atoms with Crippen LogP contribution < -0.4 is 0 Å². The van der Waals surface area contributed by atoms with Gasteiger partial charge in [0.2, 0.25) is 0 Å². The van der Waals surface area contributed by atoms with E-state index in [2.05, 4.69) is 0 Å². The van der Waals surface area contributed by atoms with Gasteiger partial charge in [0.15, 0.2) is 11.7 Å². The van der Waals surface area contributed by atoms with Crippen molar-refractivity contribution in [1.29, 1.82) is 10.5 Å². The number of hydrogen-bond donors (Lipinski definition) is 0. The van der Waals surface area contributed by atoms with Crippen molar-refractivity contribution in [2.24, 2.45) is 5.92 Å². The first-order valence-corrected chi connectivity index (χ1v) is 5.37. The molecule has 0 unspecified atom stereocenters. The summed E-state index contributed by atoms with van der Waals surface area (Å²) >= 11 is 0. The van der Waals surface area contributed by atoms with Gasteiger partial charge < -0.3 is 4.90 Å². The molecule has 0 spiro atoms. The number of Topliss-reactive ketones (excluding diaryl/α,β-unsaturated/α-hetero) is 1. The minimum Gasteiger partial charge on any atom is -0.383 e. The fourth-order valence-electron chi connectivity index (χ4n) is 1.47. The lowest BCUT2D eigenvalue weighted by Gasteiger charge is -2.11. The highest BCUT2D eigenvalue weighted by atomic mass is 16.1. The summed E-state index contributed by atoms with van der Waals surface area (Å²) in [6.45, 7) is 0. The summed E-state index contributed by atoms with van der Waals surface area (Å²) in [6.07, 6.45) is 1.52. The van der Waals surface area contributed by atoms with Crippen LogP contribution in [0, 0.1) is 28.6 Å². The molecule has 90 valence electrons. The van der Waals surface area contributed by atoms with Gasteiger partial charge in [-0.3, -0.25) is 4.79 Å². The van der Waals surface area contributed by atoms with Gasteiger partial charge in [-0.25, -0.2) is 0 Å². The summed E-state index contributed by atoms with van der Waals surface area (Å²) in [6, 6.07) is 12.3. The van der Waals surface area contributed by atoms with Crippen LogP contribution >= 0.6 is 0 Å². The molecule has 0 amide bonds. The zero-order valence-corrected chi connectivity index (χ0v) is 10.3. The van der Waals surface area contributed by atoms with Crippen molar-refractivity contribution in [3.05, 3.63) is 47.7 Å². The first kappa shape index (κ1) is 13.5. The summed E-state index contributed by atoms with van der Waals surface area (Å²) in [4.78, 5) is 13.9. The van der Waals surface area contributed by atoms with Gasteiger partial charge in [0.1, 0.15) is 0 Å². The van der Waals surface area contributed by atoms with E-state index in [1.54, 1.807) is 49.3 Å². The number of nitrogens with zero attached hydrogens (tertiary/aromatic N) is 3. The Morgan fingerprint density at radius 3 is 2.22 bits per heavy atom. The number of carbonyl (C=O) groups is 1. The Kier molecular flexibility index (Phi) is 4.66. The molecule has 1 rings (SSSR count). The van der Waals surface area contributed by atoms with Crippen LogP contribution in [-0.2, 0) is 0 Å². The molecular formula is C14H13N3O. The number of hydrogen-bond acceptors (Lipinski definition) is 4. The summed E-state index contributed by atoms with van der Waals surface area (Å²) in [7, 11) is 3.48. The van der Waals surface area contributed by atoms with Crippen molar-refractivity contribution in [2.75, 3.05) is 14.1 Å². The molecule has 4 nitrogen and oxygen atoms in total. The van der Waals surface area contributed by atoms with Crippen molar-refractivity contribution in [2.45, 2.75) is 0 Å². The van der Waals surface area contributed by atoms with E-state index < -0.39 is 5.92 Å².